The Balaban J connectivity index is 1.47. The average molecular weight is 447 g/mol. The number of hydrogen-bond acceptors (Lipinski definition) is 3. The van der Waals surface area contributed by atoms with Crippen LogP contribution in [0, 0.1) is 0 Å². The van der Waals surface area contributed by atoms with Crippen LogP contribution in [0.25, 0.3) is 60.7 Å². The largest absolute Gasteiger partial charge is 0.290 e. The summed E-state index contributed by atoms with van der Waals surface area (Å²) >= 11 is 0. The minimum Gasteiger partial charge on any atom is -0.290 e. The summed E-state index contributed by atoms with van der Waals surface area (Å²) in [5.74, 6) is 0. The molecule has 7 aromatic rings. The molecule has 162 valence electrons. The van der Waals surface area contributed by atoms with Crippen molar-refractivity contribution in [2.75, 3.05) is 0 Å². The molecule has 0 N–H and O–H groups in total. The summed E-state index contributed by atoms with van der Waals surface area (Å²) in [6.07, 6.45) is 7.51. The lowest BCUT2D eigenvalue weighted by Crippen LogP contribution is -1.96. The smallest absolute Gasteiger partial charge is 0.146 e. The van der Waals surface area contributed by atoms with Crippen molar-refractivity contribution in [1.29, 1.82) is 0 Å². The van der Waals surface area contributed by atoms with Crippen molar-refractivity contribution in [2.45, 2.75) is 12.8 Å². The van der Waals surface area contributed by atoms with Crippen LogP contribution >= 0.6 is 0 Å². The number of benzene rings is 3. The lowest BCUT2D eigenvalue weighted by atomic mass is 9.93. The van der Waals surface area contributed by atoms with Crippen LogP contribution < -0.4 is 0 Å². The number of aromatic nitrogens is 4. The van der Waals surface area contributed by atoms with Crippen molar-refractivity contribution < 1.29 is 0 Å². The zero-order valence-corrected chi connectivity index (χ0v) is 18.8. The fourth-order valence-corrected chi connectivity index (χ4v) is 6.56. The van der Waals surface area contributed by atoms with Gasteiger partial charge in [0, 0.05) is 23.2 Å². The van der Waals surface area contributed by atoms with E-state index in [4.69, 9.17) is 9.97 Å². The highest BCUT2D eigenvalue weighted by atomic mass is 15.0. The minimum absolute atomic E-state index is 0.910. The van der Waals surface area contributed by atoms with Gasteiger partial charge >= 0.3 is 0 Å². The van der Waals surface area contributed by atoms with E-state index < -0.39 is 0 Å². The van der Waals surface area contributed by atoms with E-state index in [0.717, 1.165) is 40.6 Å². The van der Waals surface area contributed by atoms with E-state index in [2.05, 4.69) is 70.0 Å². The van der Waals surface area contributed by atoms with Gasteiger partial charge < -0.3 is 0 Å². The van der Waals surface area contributed by atoms with Gasteiger partial charge in [0.25, 0.3) is 0 Å². The summed E-state index contributed by atoms with van der Waals surface area (Å²) in [4.78, 5) is 14.3. The van der Waals surface area contributed by atoms with Gasteiger partial charge in [-0.1, -0.05) is 48.5 Å². The third kappa shape index (κ3) is 2.11. The molecule has 9 rings (SSSR count). The van der Waals surface area contributed by atoms with Gasteiger partial charge in [0.15, 0.2) is 0 Å². The van der Waals surface area contributed by atoms with E-state index in [1.807, 2.05) is 24.7 Å². The first-order valence-corrected chi connectivity index (χ1v) is 12.0. The van der Waals surface area contributed by atoms with Gasteiger partial charge in [0.2, 0.25) is 0 Å². The Morgan fingerprint density at radius 1 is 0.686 bits per heavy atom. The van der Waals surface area contributed by atoms with E-state index in [9.17, 15) is 0 Å². The molecule has 0 saturated heterocycles. The van der Waals surface area contributed by atoms with Crippen molar-refractivity contribution >= 4 is 38.5 Å². The SMILES string of the molecule is c1ccc2c(c1)Cc1ccc3c(c1-2)-c1ccc2c4ncccc4n4c5ccncc5nc4c2c1C3. The molecule has 0 unspecified atom stereocenters. The summed E-state index contributed by atoms with van der Waals surface area (Å²) in [6.45, 7) is 0. The molecule has 4 heteroatoms. The molecule has 0 radical (unpaired) electrons. The highest BCUT2D eigenvalue weighted by Gasteiger charge is 2.30. The molecular formula is C31H18N4. The molecular weight excluding hydrogens is 428 g/mol. The monoisotopic (exact) mass is 446 g/mol. The van der Waals surface area contributed by atoms with Crippen LogP contribution in [0.4, 0.5) is 0 Å². The lowest BCUT2D eigenvalue weighted by molar-refractivity contribution is 1.24. The highest BCUT2D eigenvalue weighted by molar-refractivity contribution is 6.16. The molecule has 0 amide bonds. The van der Waals surface area contributed by atoms with E-state index >= 15 is 0 Å². The molecule has 4 nitrogen and oxygen atoms in total. The topological polar surface area (TPSA) is 43.1 Å². The van der Waals surface area contributed by atoms with Crippen LogP contribution in [0.15, 0.2) is 85.3 Å². The Kier molecular flexibility index (Phi) is 3.11. The molecule has 4 heterocycles. The zero-order chi connectivity index (χ0) is 22.7. The molecule has 0 spiro atoms. The van der Waals surface area contributed by atoms with Gasteiger partial charge in [-0.15, -0.1) is 0 Å². The van der Waals surface area contributed by atoms with Crippen molar-refractivity contribution in [3.8, 4) is 22.3 Å². The quantitative estimate of drug-likeness (QED) is 0.243. The third-order valence-corrected chi connectivity index (χ3v) is 7.96. The Bertz CT molecular complexity index is 2070. The Morgan fingerprint density at radius 2 is 1.57 bits per heavy atom. The molecule has 0 atom stereocenters. The number of imidazole rings is 1. The Labute approximate surface area is 200 Å². The second-order valence-electron chi connectivity index (χ2n) is 9.67. The first-order chi connectivity index (χ1) is 17.4. The van der Waals surface area contributed by atoms with Crippen LogP contribution in [0.5, 0.6) is 0 Å². The van der Waals surface area contributed by atoms with Crippen molar-refractivity contribution in [3.63, 3.8) is 0 Å². The van der Waals surface area contributed by atoms with E-state index in [1.54, 1.807) is 0 Å². The molecule has 4 aromatic heterocycles. The van der Waals surface area contributed by atoms with Gasteiger partial charge in [-0.2, -0.15) is 0 Å². The molecule has 2 aliphatic rings. The number of nitrogens with zero attached hydrogens (tertiary/aromatic N) is 4. The van der Waals surface area contributed by atoms with Crippen LogP contribution in [0.1, 0.15) is 22.3 Å². The highest BCUT2D eigenvalue weighted by Crippen LogP contribution is 2.51. The van der Waals surface area contributed by atoms with E-state index in [0.29, 0.717) is 0 Å². The molecule has 0 fully saturated rings. The Morgan fingerprint density at radius 3 is 2.54 bits per heavy atom. The van der Waals surface area contributed by atoms with Crippen LogP contribution in [-0.2, 0) is 12.8 Å². The fraction of sp³-hybridized carbons (Fsp3) is 0.0645. The number of pyridine rings is 3. The van der Waals surface area contributed by atoms with Crippen molar-refractivity contribution in [1.82, 2.24) is 19.4 Å². The molecule has 35 heavy (non-hydrogen) atoms. The van der Waals surface area contributed by atoms with Crippen LogP contribution in [0.2, 0.25) is 0 Å². The maximum absolute atomic E-state index is 5.11. The van der Waals surface area contributed by atoms with E-state index in [-0.39, 0.29) is 0 Å². The third-order valence-electron chi connectivity index (χ3n) is 7.96. The summed E-state index contributed by atoms with van der Waals surface area (Å²) in [7, 11) is 0. The number of rotatable bonds is 0. The second-order valence-corrected chi connectivity index (χ2v) is 9.67. The second kappa shape index (κ2) is 6.10. The molecule has 0 aliphatic heterocycles. The van der Waals surface area contributed by atoms with Gasteiger partial charge in [0.1, 0.15) is 11.2 Å². The zero-order valence-electron chi connectivity index (χ0n) is 18.8. The van der Waals surface area contributed by atoms with Crippen LogP contribution in [0.3, 0.4) is 0 Å². The summed E-state index contributed by atoms with van der Waals surface area (Å²) < 4.78 is 2.27. The molecule has 2 aliphatic carbocycles. The van der Waals surface area contributed by atoms with Gasteiger partial charge in [-0.05, 0) is 75.5 Å². The predicted octanol–water partition coefficient (Wildman–Crippen LogP) is 6.73. The summed E-state index contributed by atoms with van der Waals surface area (Å²) in [5.41, 5.74) is 16.2. The first kappa shape index (κ1) is 17.8. The first-order valence-electron chi connectivity index (χ1n) is 12.0. The van der Waals surface area contributed by atoms with Crippen LogP contribution in [-0.4, -0.2) is 19.4 Å². The van der Waals surface area contributed by atoms with E-state index in [1.165, 1.54) is 55.3 Å². The molecule has 0 saturated carbocycles. The molecule has 0 bridgehead atoms. The summed E-state index contributed by atoms with van der Waals surface area (Å²) in [6, 6.07) is 24.3. The van der Waals surface area contributed by atoms with Gasteiger partial charge in [-0.25, -0.2) is 4.98 Å². The standard InChI is InChI=1S/C31H18N4/c1-2-5-20-17(4-1)14-18-7-8-19-15-23-21(28(19)27(18)20)9-10-22-29(23)31-34-24-16-32-13-11-25(24)35(31)26-6-3-12-33-30(22)26/h1-13,16H,14-15H2. The normalized spacial score (nSPS) is 13.5. The maximum Gasteiger partial charge on any atom is 0.146 e. The average Bonchev–Trinajstić information content (AvgIpc) is 3.59. The number of fused-ring (bicyclic) bond motifs is 16. The van der Waals surface area contributed by atoms with Crippen molar-refractivity contribution in [2.24, 2.45) is 0 Å². The fourth-order valence-electron chi connectivity index (χ4n) is 6.56. The van der Waals surface area contributed by atoms with Crippen molar-refractivity contribution in [3.05, 3.63) is 108 Å². The maximum atomic E-state index is 5.11. The predicted molar refractivity (Wildman–Crippen MR) is 140 cm³/mol. The Hall–Kier alpha value is -4.57. The number of hydrogen-bond donors (Lipinski definition) is 0. The van der Waals surface area contributed by atoms with Gasteiger partial charge in [0.05, 0.1) is 22.7 Å². The molecule has 3 aromatic carbocycles. The lowest BCUT2D eigenvalue weighted by Gasteiger charge is -2.13. The van der Waals surface area contributed by atoms with Gasteiger partial charge in [-0.3, -0.25) is 14.4 Å². The summed E-state index contributed by atoms with van der Waals surface area (Å²) in [5, 5.41) is 2.38. The minimum atomic E-state index is 0.910.